The monoisotopic (exact) mass is 937 g/mol. The Hall–Kier alpha value is -5.20. The van der Waals surface area contributed by atoms with Crippen LogP contribution in [0, 0.1) is 23.7 Å². The first-order chi connectivity index (χ1) is 35.4. The fourth-order valence-electron chi connectivity index (χ4n) is 19.4. The molecular weight excluding hydrogens is 865 g/mol. The maximum absolute atomic E-state index is 2.84. The van der Waals surface area contributed by atoms with Gasteiger partial charge in [0.1, 0.15) is 0 Å². The first-order valence-corrected chi connectivity index (χ1v) is 29.7. The van der Waals surface area contributed by atoms with Crippen molar-refractivity contribution in [1.82, 2.24) is 0 Å². The Labute approximate surface area is 428 Å². The highest BCUT2D eigenvalue weighted by Gasteiger charge is 2.47. The van der Waals surface area contributed by atoms with Crippen molar-refractivity contribution in [2.75, 3.05) is 0 Å². The fraction of sp³-hybridized carbons (Fsp3) is 0.444. The van der Waals surface area contributed by atoms with Gasteiger partial charge in [0, 0.05) is 0 Å². The summed E-state index contributed by atoms with van der Waals surface area (Å²) in [5.41, 5.74) is 19.8. The van der Waals surface area contributed by atoms with Crippen LogP contribution in [-0.2, 0) is 21.7 Å². The van der Waals surface area contributed by atoms with Crippen molar-refractivity contribution in [3.8, 4) is 44.5 Å². The van der Waals surface area contributed by atoms with E-state index in [1.54, 1.807) is 22.3 Å². The summed E-state index contributed by atoms with van der Waals surface area (Å²) in [6, 6.07) is 51.1. The minimum absolute atomic E-state index is 0.319. The second kappa shape index (κ2) is 15.2. The Kier molecular flexibility index (Phi) is 8.91. The van der Waals surface area contributed by atoms with Crippen LogP contribution in [0.1, 0.15) is 176 Å². The van der Waals surface area contributed by atoms with Crippen LogP contribution in [0.15, 0.2) is 121 Å². The van der Waals surface area contributed by atoms with Gasteiger partial charge in [-0.15, -0.1) is 0 Å². The van der Waals surface area contributed by atoms with Gasteiger partial charge in [0.2, 0.25) is 0 Å². The zero-order valence-corrected chi connectivity index (χ0v) is 42.8. The molecule has 0 heterocycles. The standard InChI is InChI=1S/C72H72/c1-2-7-56-49(6-1)40-63-62-44-65-64(43-61(62)60-11-5-10-57(56)68(60)63)66(50-36-52(69-24-12-45(13-25-69)14-26-69)41-53(37-50)70-27-15-46(16-28-70)17-29-70)58-8-3-4-9-59(58)67(65)51-38-54(71-30-18-47(19-31-71)20-32-71)42-55(39-51)72-33-21-48(22-34-72)23-35-72/h1-11,36-48H,12-35H2. The maximum atomic E-state index is 2.84. The molecule has 0 heteroatoms. The van der Waals surface area contributed by atoms with E-state index in [0.717, 1.165) is 23.7 Å². The molecule has 12 saturated carbocycles. The Bertz CT molecular complexity index is 3430. The molecule has 13 aliphatic carbocycles. The molecule has 0 aliphatic heterocycles. The minimum atomic E-state index is 0.319. The molecule has 0 amide bonds. The van der Waals surface area contributed by atoms with E-state index in [1.165, 1.54) is 242 Å². The van der Waals surface area contributed by atoms with Gasteiger partial charge in [-0.3, -0.25) is 0 Å². The first kappa shape index (κ1) is 42.2. The number of fused-ring (bicyclic) bond motifs is 19. The van der Waals surface area contributed by atoms with Gasteiger partial charge in [-0.2, -0.15) is 0 Å². The molecule has 0 spiro atoms. The largest absolute Gasteiger partial charge is 0.0616 e. The highest BCUT2D eigenvalue weighted by atomic mass is 14.5. The van der Waals surface area contributed by atoms with Gasteiger partial charge < -0.3 is 0 Å². The third-order valence-corrected chi connectivity index (χ3v) is 23.9. The molecule has 13 aliphatic rings. The zero-order chi connectivity index (χ0) is 47.0. The molecule has 0 saturated heterocycles. The summed E-state index contributed by atoms with van der Waals surface area (Å²) in [5.74, 6) is 3.81. The van der Waals surface area contributed by atoms with Crippen LogP contribution in [0.5, 0.6) is 0 Å². The molecule has 8 aromatic rings. The minimum Gasteiger partial charge on any atom is -0.0616 e. The van der Waals surface area contributed by atoms with Crippen LogP contribution in [-0.4, -0.2) is 0 Å². The highest BCUT2D eigenvalue weighted by Crippen LogP contribution is 2.61. The summed E-state index contributed by atoms with van der Waals surface area (Å²) in [6.07, 6.45) is 33.6. The molecule has 8 aromatic carbocycles. The van der Waals surface area contributed by atoms with Crippen molar-refractivity contribution in [2.45, 2.75) is 176 Å². The molecule has 8 bridgehead atoms. The number of hydrogen-bond donors (Lipinski definition) is 0. The number of hydrogen-bond acceptors (Lipinski definition) is 0. The zero-order valence-electron chi connectivity index (χ0n) is 42.8. The third kappa shape index (κ3) is 5.94. The Morgan fingerprint density at radius 3 is 1.01 bits per heavy atom. The fourth-order valence-corrected chi connectivity index (χ4v) is 19.4. The summed E-state index contributed by atoms with van der Waals surface area (Å²) in [5, 5.41) is 11.4. The van der Waals surface area contributed by atoms with Crippen LogP contribution < -0.4 is 0 Å². The Morgan fingerprint density at radius 1 is 0.264 bits per heavy atom. The van der Waals surface area contributed by atoms with Gasteiger partial charge in [0.05, 0.1) is 0 Å². The predicted octanol–water partition coefficient (Wildman–Crippen LogP) is 20.2. The van der Waals surface area contributed by atoms with E-state index >= 15 is 0 Å². The second-order valence-corrected chi connectivity index (χ2v) is 26.8. The average Bonchev–Trinajstić information content (AvgIpc) is 3.78. The van der Waals surface area contributed by atoms with E-state index in [2.05, 4.69) is 121 Å². The van der Waals surface area contributed by atoms with E-state index < -0.39 is 0 Å². The van der Waals surface area contributed by atoms with E-state index in [4.69, 9.17) is 0 Å². The smallest absolute Gasteiger partial charge is 0.00199 e. The second-order valence-electron chi connectivity index (χ2n) is 26.8. The lowest BCUT2D eigenvalue weighted by molar-refractivity contribution is 0.130. The summed E-state index contributed by atoms with van der Waals surface area (Å²) in [6.45, 7) is 0. The van der Waals surface area contributed by atoms with Crippen molar-refractivity contribution in [2.24, 2.45) is 23.7 Å². The Morgan fingerprint density at radius 2 is 0.611 bits per heavy atom. The van der Waals surface area contributed by atoms with Gasteiger partial charge in [-0.25, -0.2) is 0 Å². The molecule has 0 radical (unpaired) electrons. The molecule has 12 fully saturated rings. The molecule has 0 N–H and O–H groups in total. The molecule has 0 nitrogen and oxygen atoms in total. The van der Waals surface area contributed by atoms with Crippen molar-refractivity contribution in [3.63, 3.8) is 0 Å². The van der Waals surface area contributed by atoms with Crippen LogP contribution in [0.25, 0.3) is 87.6 Å². The highest BCUT2D eigenvalue weighted by molar-refractivity contribution is 6.28. The molecule has 0 aromatic heterocycles. The van der Waals surface area contributed by atoms with Gasteiger partial charge in [0.25, 0.3) is 0 Å². The van der Waals surface area contributed by atoms with E-state index in [0.29, 0.717) is 21.7 Å². The van der Waals surface area contributed by atoms with E-state index in [9.17, 15) is 0 Å². The average molecular weight is 937 g/mol. The number of benzene rings is 8. The summed E-state index contributed by atoms with van der Waals surface area (Å²) in [7, 11) is 0. The van der Waals surface area contributed by atoms with Crippen molar-refractivity contribution >= 4 is 43.1 Å². The first-order valence-electron chi connectivity index (χ1n) is 29.7. The van der Waals surface area contributed by atoms with Crippen LogP contribution >= 0.6 is 0 Å². The molecular formula is C72H72. The lowest BCUT2D eigenvalue weighted by Gasteiger charge is -2.49. The summed E-state index contributed by atoms with van der Waals surface area (Å²) in [4.78, 5) is 0. The van der Waals surface area contributed by atoms with Gasteiger partial charge in [0.15, 0.2) is 0 Å². The molecule has 21 rings (SSSR count). The van der Waals surface area contributed by atoms with E-state index in [-0.39, 0.29) is 0 Å². The summed E-state index contributed by atoms with van der Waals surface area (Å²) >= 11 is 0. The summed E-state index contributed by atoms with van der Waals surface area (Å²) < 4.78 is 0. The van der Waals surface area contributed by atoms with Gasteiger partial charge in [-0.1, -0.05) is 103 Å². The van der Waals surface area contributed by atoms with Gasteiger partial charge >= 0.3 is 0 Å². The third-order valence-electron chi connectivity index (χ3n) is 23.9. The van der Waals surface area contributed by atoms with E-state index in [1.807, 2.05) is 0 Å². The van der Waals surface area contributed by atoms with Gasteiger partial charge in [-0.05, 0) is 327 Å². The lowest BCUT2D eigenvalue weighted by Crippen LogP contribution is -2.40. The quantitative estimate of drug-likeness (QED) is 0.115. The molecule has 0 unspecified atom stereocenters. The molecule has 0 atom stereocenters. The maximum Gasteiger partial charge on any atom is -0.00199 e. The van der Waals surface area contributed by atoms with Crippen molar-refractivity contribution in [3.05, 3.63) is 144 Å². The molecule has 360 valence electrons. The normalized spacial score (nSPS) is 31.9. The SMILES string of the molecule is c1ccc2c(c1)cc1c3c(cccc32)-c2cc3c(-c4cc(C56CCC(CC5)CC6)cc(C56CCC(CC5)CC6)c4)c4ccccc4c(-c4cc(C56CCC(CC5)CC6)cc(C56CCC(CC5)CC6)c4)c3cc2-1. The molecule has 72 heavy (non-hydrogen) atoms. The van der Waals surface area contributed by atoms with Crippen molar-refractivity contribution < 1.29 is 0 Å². The predicted molar refractivity (Wildman–Crippen MR) is 303 cm³/mol. The van der Waals surface area contributed by atoms with Crippen LogP contribution in [0.4, 0.5) is 0 Å². The topological polar surface area (TPSA) is 0 Å². The van der Waals surface area contributed by atoms with Crippen molar-refractivity contribution in [1.29, 1.82) is 0 Å². The number of rotatable bonds is 6. The van der Waals surface area contributed by atoms with Crippen LogP contribution in [0.3, 0.4) is 0 Å². The van der Waals surface area contributed by atoms with Crippen LogP contribution in [0.2, 0.25) is 0 Å². The Balaban J connectivity index is 0.984. The lowest BCUT2D eigenvalue weighted by atomic mass is 9.55.